The molecular weight excluding hydrogens is 437 g/mol. The zero-order chi connectivity index (χ0) is 23.6. The van der Waals surface area contributed by atoms with Gasteiger partial charge in [0.2, 0.25) is 0 Å². The molecule has 0 aromatic carbocycles. The van der Waals surface area contributed by atoms with Gasteiger partial charge in [-0.05, 0) is 24.5 Å². The van der Waals surface area contributed by atoms with Crippen LogP contribution in [0.5, 0.6) is 6.01 Å². The Hall–Kier alpha value is -3.15. The number of hydrogen-bond donors (Lipinski definition) is 2. The highest BCUT2D eigenvalue weighted by Crippen LogP contribution is 2.28. The second-order valence-electron chi connectivity index (χ2n) is 8.10. The number of nitrogen functional groups attached to an aromatic ring is 1. The fourth-order valence-corrected chi connectivity index (χ4v) is 3.92. The number of nitrogens with two attached hydrogens (primary N) is 1. The minimum absolute atomic E-state index is 0.0490. The summed E-state index contributed by atoms with van der Waals surface area (Å²) in [6.45, 7) is 7.30. The summed E-state index contributed by atoms with van der Waals surface area (Å²) in [5, 5.41) is 7.47. The molecule has 1 aliphatic heterocycles. The van der Waals surface area contributed by atoms with Gasteiger partial charge in [0.05, 0.1) is 11.9 Å². The standard InChI is InChI=1S/C21H27F3N8O/c1-3-4-16(21(22,23)24)33-20-29-17(25)19-28-12-15(32(19)30-20)10-14-9-13(2)18(27-11-14)31-7-5-26-6-8-31/h9,11-12,16,26H,3-8,10H2,1-2H3,(H2,25,29,30)/t16-/m0/s1. The molecule has 0 spiro atoms. The van der Waals surface area contributed by atoms with Gasteiger partial charge >= 0.3 is 12.2 Å². The second-order valence-corrected chi connectivity index (χ2v) is 8.10. The molecule has 1 atom stereocenters. The molecule has 3 aromatic heterocycles. The average molecular weight is 464 g/mol. The summed E-state index contributed by atoms with van der Waals surface area (Å²) in [4.78, 5) is 15.0. The van der Waals surface area contributed by atoms with Gasteiger partial charge < -0.3 is 20.7 Å². The number of aryl methyl sites for hydroxylation is 1. The molecule has 178 valence electrons. The quantitative estimate of drug-likeness (QED) is 0.550. The number of nitrogens with one attached hydrogen (secondary N) is 1. The van der Waals surface area contributed by atoms with E-state index < -0.39 is 18.3 Å². The number of alkyl halides is 3. The molecule has 0 bridgehead atoms. The highest BCUT2D eigenvalue weighted by Gasteiger charge is 2.41. The fraction of sp³-hybridized carbons (Fsp3) is 0.524. The maximum atomic E-state index is 13.3. The van der Waals surface area contributed by atoms with Crippen molar-refractivity contribution in [1.29, 1.82) is 0 Å². The van der Waals surface area contributed by atoms with Crippen LogP contribution in [0.15, 0.2) is 18.5 Å². The Kier molecular flexibility index (Phi) is 6.54. The molecular formula is C21H27F3N8O. The molecule has 0 unspecified atom stereocenters. The Morgan fingerprint density at radius 3 is 2.64 bits per heavy atom. The van der Waals surface area contributed by atoms with Crippen molar-refractivity contribution in [2.75, 3.05) is 36.8 Å². The van der Waals surface area contributed by atoms with Crippen LogP contribution in [0.2, 0.25) is 0 Å². The van der Waals surface area contributed by atoms with Crippen molar-refractivity contribution >= 4 is 17.3 Å². The van der Waals surface area contributed by atoms with Gasteiger partial charge in [-0.25, -0.2) is 14.5 Å². The number of pyridine rings is 1. The van der Waals surface area contributed by atoms with Crippen LogP contribution in [0.1, 0.15) is 36.6 Å². The topological polar surface area (TPSA) is 106 Å². The molecule has 9 nitrogen and oxygen atoms in total. The third-order valence-corrected chi connectivity index (χ3v) is 5.51. The van der Waals surface area contributed by atoms with Gasteiger partial charge in [-0.15, -0.1) is 5.10 Å². The first-order valence-corrected chi connectivity index (χ1v) is 10.9. The highest BCUT2D eigenvalue weighted by atomic mass is 19.4. The minimum atomic E-state index is -4.53. The molecule has 33 heavy (non-hydrogen) atoms. The molecule has 3 aromatic rings. The third kappa shape index (κ3) is 5.10. The van der Waals surface area contributed by atoms with Gasteiger partial charge in [0.25, 0.3) is 0 Å². The molecule has 12 heteroatoms. The average Bonchev–Trinajstić information content (AvgIpc) is 3.17. The summed E-state index contributed by atoms with van der Waals surface area (Å²) >= 11 is 0. The van der Waals surface area contributed by atoms with Crippen molar-refractivity contribution in [3.8, 4) is 6.01 Å². The van der Waals surface area contributed by atoms with Crippen molar-refractivity contribution in [2.45, 2.75) is 45.4 Å². The highest BCUT2D eigenvalue weighted by molar-refractivity contribution is 5.60. The second kappa shape index (κ2) is 9.38. The lowest BCUT2D eigenvalue weighted by Crippen LogP contribution is -2.44. The molecule has 0 amide bonds. The summed E-state index contributed by atoms with van der Waals surface area (Å²) in [6, 6.07) is 1.62. The Balaban J connectivity index is 1.59. The SMILES string of the molecule is CCC[C@H](Oc1nc(N)c2ncc(Cc3cnc(N4CCNCC4)c(C)c3)n2n1)C(F)(F)F. The zero-order valence-corrected chi connectivity index (χ0v) is 18.6. The van der Waals surface area contributed by atoms with Crippen molar-refractivity contribution < 1.29 is 17.9 Å². The largest absolute Gasteiger partial charge is 0.449 e. The van der Waals surface area contributed by atoms with Crippen LogP contribution >= 0.6 is 0 Å². The van der Waals surface area contributed by atoms with Crippen LogP contribution in [0.4, 0.5) is 24.8 Å². The molecule has 3 N–H and O–H groups in total. The maximum absolute atomic E-state index is 13.3. The number of nitrogens with zero attached hydrogens (tertiary/aromatic N) is 6. The van der Waals surface area contributed by atoms with Gasteiger partial charge in [-0.3, -0.25) is 0 Å². The van der Waals surface area contributed by atoms with Crippen molar-refractivity contribution in [3.05, 3.63) is 35.3 Å². The van der Waals surface area contributed by atoms with Crippen LogP contribution in [0.25, 0.3) is 5.65 Å². The smallest absolute Gasteiger partial charge is 0.425 e. The summed E-state index contributed by atoms with van der Waals surface area (Å²) in [5.41, 5.74) is 8.80. The number of anilines is 2. The normalized spacial score (nSPS) is 15.7. The van der Waals surface area contributed by atoms with Crippen LogP contribution in [0.3, 0.4) is 0 Å². The van der Waals surface area contributed by atoms with E-state index in [1.165, 1.54) is 4.52 Å². The number of ether oxygens (including phenoxy) is 1. The zero-order valence-electron chi connectivity index (χ0n) is 18.6. The van der Waals surface area contributed by atoms with Crippen LogP contribution in [-0.2, 0) is 6.42 Å². The van der Waals surface area contributed by atoms with Crippen LogP contribution in [0, 0.1) is 6.92 Å². The van der Waals surface area contributed by atoms with Crippen LogP contribution in [-0.4, -0.2) is 63.0 Å². The molecule has 4 rings (SSSR count). The number of piperazine rings is 1. The lowest BCUT2D eigenvalue weighted by molar-refractivity contribution is -0.198. The van der Waals surface area contributed by atoms with Gasteiger partial charge in [0.1, 0.15) is 5.82 Å². The van der Waals surface area contributed by atoms with E-state index in [4.69, 9.17) is 10.5 Å². The van der Waals surface area contributed by atoms with Crippen molar-refractivity contribution in [3.63, 3.8) is 0 Å². The third-order valence-electron chi connectivity index (χ3n) is 5.51. The minimum Gasteiger partial charge on any atom is -0.449 e. The van der Waals surface area contributed by atoms with Crippen molar-refractivity contribution in [1.82, 2.24) is 29.9 Å². The molecule has 1 aliphatic rings. The van der Waals surface area contributed by atoms with E-state index in [9.17, 15) is 13.2 Å². The lowest BCUT2D eigenvalue weighted by atomic mass is 10.1. The van der Waals surface area contributed by atoms with E-state index in [0.29, 0.717) is 18.5 Å². The first kappa shape index (κ1) is 23.0. The van der Waals surface area contributed by atoms with E-state index in [-0.39, 0.29) is 17.9 Å². The first-order chi connectivity index (χ1) is 15.8. The summed E-state index contributed by atoms with van der Waals surface area (Å²) in [5.74, 6) is 0.904. The molecule has 4 heterocycles. The predicted octanol–water partition coefficient (Wildman–Crippen LogP) is 2.52. The predicted molar refractivity (Wildman–Crippen MR) is 117 cm³/mol. The number of rotatable bonds is 7. The van der Waals surface area contributed by atoms with Crippen LogP contribution < -0.4 is 20.7 Å². The van der Waals surface area contributed by atoms with E-state index >= 15 is 0 Å². The van der Waals surface area contributed by atoms with Crippen molar-refractivity contribution in [2.24, 2.45) is 0 Å². The van der Waals surface area contributed by atoms with Gasteiger partial charge in [0.15, 0.2) is 17.6 Å². The lowest BCUT2D eigenvalue weighted by Gasteiger charge is -2.29. The molecule has 1 fully saturated rings. The Labute approximate surface area is 189 Å². The fourth-order valence-electron chi connectivity index (χ4n) is 3.92. The van der Waals surface area contributed by atoms with E-state index in [1.54, 1.807) is 19.3 Å². The Bertz CT molecular complexity index is 1110. The Morgan fingerprint density at radius 2 is 1.97 bits per heavy atom. The van der Waals surface area contributed by atoms with Gasteiger partial charge in [-0.2, -0.15) is 18.2 Å². The number of aromatic nitrogens is 5. The van der Waals surface area contributed by atoms with E-state index in [1.807, 2.05) is 13.0 Å². The maximum Gasteiger partial charge on any atom is 0.425 e. The monoisotopic (exact) mass is 464 g/mol. The molecule has 0 saturated carbocycles. The number of halogens is 3. The number of hydrogen-bond acceptors (Lipinski definition) is 8. The molecule has 0 aliphatic carbocycles. The van der Waals surface area contributed by atoms with Gasteiger partial charge in [0, 0.05) is 38.8 Å². The number of fused-ring (bicyclic) bond motifs is 1. The Morgan fingerprint density at radius 1 is 1.21 bits per heavy atom. The summed E-state index contributed by atoms with van der Waals surface area (Å²) in [7, 11) is 0. The first-order valence-electron chi connectivity index (χ1n) is 10.9. The number of imidazole rings is 1. The molecule has 1 saturated heterocycles. The molecule has 0 radical (unpaired) electrons. The summed E-state index contributed by atoms with van der Waals surface area (Å²) < 4.78 is 46.3. The van der Waals surface area contributed by atoms with E-state index in [2.05, 4.69) is 30.3 Å². The van der Waals surface area contributed by atoms with Gasteiger partial charge in [-0.1, -0.05) is 19.4 Å². The van der Waals surface area contributed by atoms with E-state index in [0.717, 1.165) is 43.1 Å². The summed E-state index contributed by atoms with van der Waals surface area (Å²) in [6.07, 6.45) is -2.64.